The summed E-state index contributed by atoms with van der Waals surface area (Å²) in [7, 11) is 3.97. The molecule has 0 bridgehead atoms. The van der Waals surface area contributed by atoms with Gasteiger partial charge in [-0.3, -0.25) is 10.1 Å². The number of nitrogens with zero attached hydrogens (tertiary/aromatic N) is 2. The molecule has 0 atom stereocenters. The van der Waals surface area contributed by atoms with Crippen LogP contribution in [0.2, 0.25) is 0 Å². The largest absolute Gasteiger partial charge is 0.491 e. The highest BCUT2D eigenvalue weighted by Gasteiger charge is 2.09. The van der Waals surface area contributed by atoms with E-state index in [-0.39, 0.29) is 5.69 Å². The van der Waals surface area contributed by atoms with E-state index in [0.717, 1.165) is 13.0 Å². The van der Waals surface area contributed by atoms with Gasteiger partial charge in [-0.15, -0.1) is 0 Å². The topological polar surface area (TPSA) is 81.6 Å². The van der Waals surface area contributed by atoms with Crippen LogP contribution in [0.5, 0.6) is 5.75 Å². The lowest BCUT2D eigenvalue weighted by atomic mass is 10.2. The zero-order chi connectivity index (χ0) is 12.8. The quantitative estimate of drug-likeness (QED) is 0.352. The molecular weight excluding hydrogens is 222 g/mol. The molecule has 1 rings (SSSR count). The predicted octanol–water partition coefficient (Wildman–Crippen LogP) is 1.51. The lowest BCUT2D eigenvalue weighted by Crippen LogP contribution is -2.15. The van der Waals surface area contributed by atoms with E-state index < -0.39 is 4.92 Å². The highest BCUT2D eigenvalue weighted by Crippen LogP contribution is 2.26. The number of non-ortho nitro benzene ring substituents is 1. The number of nitro benzene ring substituents is 1. The molecule has 0 amide bonds. The van der Waals surface area contributed by atoms with Crippen LogP contribution in [0.4, 0.5) is 11.4 Å². The van der Waals surface area contributed by atoms with Crippen molar-refractivity contribution in [2.75, 3.05) is 33.0 Å². The van der Waals surface area contributed by atoms with Crippen LogP contribution in [0.1, 0.15) is 6.42 Å². The molecule has 0 aromatic heterocycles. The molecule has 0 spiro atoms. The summed E-state index contributed by atoms with van der Waals surface area (Å²) in [6.07, 6.45) is 0.878. The molecular formula is C11H17N3O3. The van der Waals surface area contributed by atoms with Crippen molar-refractivity contribution in [2.24, 2.45) is 0 Å². The van der Waals surface area contributed by atoms with E-state index in [0.29, 0.717) is 18.0 Å². The molecule has 6 nitrogen and oxygen atoms in total. The van der Waals surface area contributed by atoms with Crippen molar-refractivity contribution in [3.05, 3.63) is 28.3 Å². The van der Waals surface area contributed by atoms with E-state index in [1.807, 2.05) is 14.1 Å². The smallest absolute Gasteiger partial charge is 0.271 e. The predicted molar refractivity (Wildman–Crippen MR) is 66.2 cm³/mol. The van der Waals surface area contributed by atoms with Gasteiger partial charge in [-0.1, -0.05) is 0 Å². The number of rotatable bonds is 6. The molecule has 0 fully saturated rings. The molecule has 0 unspecified atom stereocenters. The van der Waals surface area contributed by atoms with Gasteiger partial charge in [-0.05, 0) is 26.6 Å². The van der Waals surface area contributed by atoms with Crippen molar-refractivity contribution in [1.82, 2.24) is 4.90 Å². The third kappa shape index (κ3) is 4.28. The fourth-order valence-electron chi connectivity index (χ4n) is 1.34. The fourth-order valence-corrected chi connectivity index (χ4v) is 1.34. The highest BCUT2D eigenvalue weighted by molar-refractivity contribution is 5.58. The molecule has 1 aromatic carbocycles. The van der Waals surface area contributed by atoms with Crippen LogP contribution in [0.3, 0.4) is 0 Å². The molecule has 0 heterocycles. The molecule has 94 valence electrons. The van der Waals surface area contributed by atoms with Crippen LogP contribution in [0, 0.1) is 10.1 Å². The van der Waals surface area contributed by atoms with Gasteiger partial charge in [0.25, 0.3) is 5.69 Å². The maximum atomic E-state index is 10.5. The van der Waals surface area contributed by atoms with E-state index in [2.05, 4.69) is 4.90 Å². The molecule has 17 heavy (non-hydrogen) atoms. The Bertz CT molecular complexity index is 394. The Labute approximate surface area is 100 Å². The van der Waals surface area contributed by atoms with Crippen LogP contribution in [-0.4, -0.2) is 37.1 Å². The summed E-state index contributed by atoms with van der Waals surface area (Å²) >= 11 is 0. The van der Waals surface area contributed by atoms with Gasteiger partial charge < -0.3 is 15.4 Å². The highest BCUT2D eigenvalue weighted by atomic mass is 16.6. The van der Waals surface area contributed by atoms with Gasteiger partial charge in [-0.2, -0.15) is 0 Å². The van der Waals surface area contributed by atoms with Crippen molar-refractivity contribution in [2.45, 2.75) is 6.42 Å². The van der Waals surface area contributed by atoms with Crippen LogP contribution in [-0.2, 0) is 0 Å². The van der Waals surface area contributed by atoms with Crippen molar-refractivity contribution >= 4 is 11.4 Å². The normalized spacial score (nSPS) is 10.5. The second kappa shape index (κ2) is 6.05. The average molecular weight is 239 g/mol. The van der Waals surface area contributed by atoms with Crippen molar-refractivity contribution < 1.29 is 9.66 Å². The number of nitrogen functional groups attached to an aromatic ring is 1. The minimum Gasteiger partial charge on any atom is -0.491 e. The summed E-state index contributed by atoms with van der Waals surface area (Å²) in [5, 5.41) is 10.5. The van der Waals surface area contributed by atoms with Gasteiger partial charge in [0.1, 0.15) is 5.75 Å². The summed E-state index contributed by atoms with van der Waals surface area (Å²) in [4.78, 5) is 12.1. The van der Waals surface area contributed by atoms with E-state index >= 15 is 0 Å². The lowest BCUT2D eigenvalue weighted by Gasteiger charge is -2.11. The molecule has 0 saturated heterocycles. The Morgan fingerprint density at radius 1 is 1.47 bits per heavy atom. The van der Waals surface area contributed by atoms with Gasteiger partial charge >= 0.3 is 0 Å². The molecule has 0 saturated carbocycles. The number of nitrogens with two attached hydrogens (primary N) is 1. The monoisotopic (exact) mass is 239 g/mol. The minimum atomic E-state index is -0.480. The Hall–Kier alpha value is -1.82. The summed E-state index contributed by atoms with van der Waals surface area (Å²) in [6.45, 7) is 1.47. The number of benzene rings is 1. The van der Waals surface area contributed by atoms with Crippen molar-refractivity contribution in [3.63, 3.8) is 0 Å². The third-order valence-electron chi connectivity index (χ3n) is 2.21. The molecule has 0 aliphatic heterocycles. The van der Waals surface area contributed by atoms with E-state index in [4.69, 9.17) is 10.5 Å². The van der Waals surface area contributed by atoms with Gasteiger partial charge in [0.05, 0.1) is 17.2 Å². The molecule has 0 aliphatic carbocycles. The second-order valence-corrected chi connectivity index (χ2v) is 3.98. The first-order valence-electron chi connectivity index (χ1n) is 5.32. The summed E-state index contributed by atoms with van der Waals surface area (Å²) in [5.41, 5.74) is 5.93. The van der Waals surface area contributed by atoms with Crippen molar-refractivity contribution in [3.8, 4) is 5.75 Å². The Kier molecular flexibility index (Phi) is 4.71. The third-order valence-corrected chi connectivity index (χ3v) is 2.21. The molecule has 1 aromatic rings. The number of nitro groups is 1. The number of ether oxygens (including phenoxy) is 1. The SMILES string of the molecule is CN(C)CCCOc1ccc([N+](=O)[O-])cc1N. The van der Waals surface area contributed by atoms with E-state index in [1.165, 1.54) is 18.2 Å². The summed E-state index contributed by atoms with van der Waals surface area (Å²) in [6, 6.07) is 4.22. The van der Waals surface area contributed by atoms with Crippen LogP contribution in [0.25, 0.3) is 0 Å². The Morgan fingerprint density at radius 3 is 2.71 bits per heavy atom. The molecule has 0 radical (unpaired) electrons. The van der Waals surface area contributed by atoms with Gasteiger partial charge in [-0.25, -0.2) is 0 Å². The van der Waals surface area contributed by atoms with Gasteiger partial charge in [0.15, 0.2) is 0 Å². The zero-order valence-corrected chi connectivity index (χ0v) is 10.0. The van der Waals surface area contributed by atoms with E-state index in [9.17, 15) is 10.1 Å². The average Bonchev–Trinajstić information content (AvgIpc) is 2.25. The number of anilines is 1. The van der Waals surface area contributed by atoms with Crippen LogP contribution >= 0.6 is 0 Å². The van der Waals surface area contributed by atoms with Gasteiger partial charge in [0.2, 0.25) is 0 Å². The van der Waals surface area contributed by atoms with Crippen LogP contribution in [0.15, 0.2) is 18.2 Å². The fraction of sp³-hybridized carbons (Fsp3) is 0.455. The summed E-state index contributed by atoms with van der Waals surface area (Å²) in [5.74, 6) is 0.495. The van der Waals surface area contributed by atoms with Crippen molar-refractivity contribution in [1.29, 1.82) is 0 Å². The lowest BCUT2D eigenvalue weighted by molar-refractivity contribution is -0.384. The first kappa shape index (κ1) is 13.2. The maximum absolute atomic E-state index is 10.5. The van der Waals surface area contributed by atoms with Gasteiger partial charge in [0, 0.05) is 18.7 Å². The standard InChI is InChI=1S/C11H17N3O3/c1-13(2)6-3-7-17-11-5-4-9(14(15)16)8-10(11)12/h4-5,8H,3,6-7,12H2,1-2H3. The first-order valence-corrected chi connectivity index (χ1v) is 5.32. The Balaban J connectivity index is 2.52. The summed E-state index contributed by atoms with van der Waals surface area (Å²) < 4.78 is 5.45. The molecule has 0 aliphatic rings. The first-order chi connectivity index (χ1) is 8.00. The molecule has 6 heteroatoms. The minimum absolute atomic E-state index is 0.0249. The number of hydrogen-bond acceptors (Lipinski definition) is 5. The van der Waals surface area contributed by atoms with E-state index in [1.54, 1.807) is 0 Å². The molecule has 2 N–H and O–H groups in total. The number of hydrogen-bond donors (Lipinski definition) is 1. The second-order valence-electron chi connectivity index (χ2n) is 3.98. The zero-order valence-electron chi connectivity index (χ0n) is 10.0. The maximum Gasteiger partial charge on any atom is 0.271 e. The van der Waals surface area contributed by atoms with Crippen LogP contribution < -0.4 is 10.5 Å². The Morgan fingerprint density at radius 2 is 2.18 bits per heavy atom.